The van der Waals surface area contributed by atoms with E-state index in [0.717, 1.165) is 19.4 Å². The predicted octanol–water partition coefficient (Wildman–Crippen LogP) is 1.52. The molecular formula is C10H16O3. The van der Waals surface area contributed by atoms with E-state index in [4.69, 9.17) is 4.74 Å². The third-order valence-corrected chi connectivity index (χ3v) is 3.81. The molecule has 0 bridgehead atoms. The molecule has 2 aliphatic rings. The van der Waals surface area contributed by atoms with Gasteiger partial charge in [-0.05, 0) is 18.3 Å². The Morgan fingerprint density at radius 2 is 2.15 bits per heavy atom. The average molecular weight is 184 g/mol. The number of ether oxygens (including phenoxy) is 1. The van der Waals surface area contributed by atoms with E-state index in [9.17, 15) is 9.90 Å². The monoisotopic (exact) mass is 184 g/mol. The molecule has 0 aromatic heterocycles. The number of hydrogen-bond acceptors (Lipinski definition) is 2. The van der Waals surface area contributed by atoms with Gasteiger partial charge in [-0.1, -0.05) is 13.8 Å². The molecule has 2 fully saturated rings. The molecule has 3 heteroatoms. The number of carboxylic acid groups (broad SMARTS) is 1. The summed E-state index contributed by atoms with van der Waals surface area (Å²) in [7, 11) is 0. The molecule has 1 saturated carbocycles. The van der Waals surface area contributed by atoms with E-state index in [1.165, 1.54) is 0 Å². The van der Waals surface area contributed by atoms with E-state index in [1.807, 2.05) is 13.8 Å². The molecule has 2 rings (SSSR count). The van der Waals surface area contributed by atoms with Crippen LogP contribution in [0.25, 0.3) is 0 Å². The second-order valence-electron chi connectivity index (χ2n) is 4.90. The van der Waals surface area contributed by atoms with Crippen molar-refractivity contribution in [3.05, 3.63) is 0 Å². The highest BCUT2D eigenvalue weighted by molar-refractivity contribution is 5.80. The van der Waals surface area contributed by atoms with Crippen LogP contribution in [0.2, 0.25) is 0 Å². The Labute approximate surface area is 78.1 Å². The highest BCUT2D eigenvalue weighted by Gasteiger charge is 2.70. The van der Waals surface area contributed by atoms with E-state index in [2.05, 4.69) is 0 Å². The summed E-state index contributed by atoms with van der Waals surface area (Å²) >= 11 is 0. The molecule has 1 aliphatic carbocycles. The highest BCUT2D eigenvalue weighted by atomic mass is 16.5. The zero-order valence-corrected chi connectivity index (χ0v) is 8.17. The second-order valence-corrected chi connectivity index (χ2v) is 4.90. The van der Waals surface area contributed by atoms with Gasteiger partial charge < -0.3 is 9.84 Å². The summed E-state index contributed by atoms with van der Waals surface area (Å²) < 4.78 is 5.26. The smallest absolute Gasteiger partial charge is 0.310 e. The van der Waals surface area contributed by atoms with Crippen LogP contribution in [0.3, 0.4) is 0 Å². The van der Waals surface area contributed by atoms with Crippen molar-refractivity contribution in [3.8, 4) is 0 Å². The van der Waals surface area contributed by atoms with Crippen LogP contribution in [-0.2, 0) is 9.53 Å². The van der Waals surface area contributed by atoms with Gasteiger partial charge in [0.25, 0.3) is 0 Å². The lowest BCUT2D eigenvalue weighted by Crippen LogP contribution is -2.30. The molecule has 2 atom stereocenters. The Morgan fingerprint density at radius 1 is 1.54 bits per heavy atom. The number of carboxylic acids is 1. The van der Waals surface area contributed by atoms with Crippen molar-refractivity contribution < 1.29 is 14.6 Å². The van der Waals surface area contributed by atoms with Gasteiger partial charge in [0.2, 0.25) is 0 Å². The van der Waals surface area contributed by atoms with Gasteiger partial charge >= 0.3 is 5.97 Å². The predicted molar refractivity (Wildman–Crippen MR) is 47.4 cm³/mol. The van der Waals surface area contributed by atoms with Crippen molar-refractivity contribution in [1.29, 1.82) is 0 Å². The Kier molecular flexibility index (Phi) is 1.71. The van der Waals surface area contributed by atoms with Gasteiger partial charge in [0.05, 0.1) is 12.0 Å². The molecule has 74 valence electrons. The number of rotatable bonds is 2. The van der Waals surface area contributed by atoms with E-state index in [1.54, 1.807) is 0 Å². The SMILES string of the molecule is CC1(C)CC1(C(=O)O)C1CCOC1. The summed E-state index contributed by atoms with van der Waals surface area (Å²) in [6.07, 6.45) is 1.72. The zero-order valence-electron chi connectivity index (χ0n) is 8.17. The highest BCUT2D eigenvalue weighted by Crippen LogP contribution is 2.68. The van der Waals surface area contributed by atoms with Crippen LogP contribution >= 0.6 is 0 Å². The fourth-order valence-corrected chi connectivity index (χ4v) is 2.81. The lowest BCUT2D eigenvalue weighted by Gasteiger charge is -2.21. The minimum atomic E-state index is -0.631. The maximum Gasteiger partial charge on any atom is 0.310 e. The van der Waals surface area contributed by atoms with E-state index in [-0.39, 0.29) is 11.3 Å². The first-order valence-electron chi connectivity index (χ1n) is 4.82. The van der Waals surface area contributed by atoms with Crippen LogP contribution in [0.1, 0.15) is 26.7 Å². The maximum atomic E-state index is 11.2. The molecule has 3 nitrogen and oxygen atoms in total. The van der Waals surface area contributed by atoms with Gasteiger partial charge in [-0.2, -0.15) is 0 Å². The van der Waals surface area contributed by atoms with Crippen LogP contribution in [0, 0.1) is 16.7 Å². The summed E-state index contributed by atoms with van der Waals surface area (Å²) in [5, 5.41) is 9.24. The van der Waals surface area contributed by atoms with Crippen molar-refractivity contribution in [1.82, 2.24) is 0 Å². The van der Waals surface area contributed by atoms with Crippen molar-refractivity contribution in [2.45, 2.75) is 26.7 Å². The van der Waals surface area contributed by atoms with Crippen LogP contribution < -0.4 is 0 Å². The van der Waals surface area contributed by atoms with Crippen molar-refractivity contribution in [2.24, 2.45) is 16.7 Å². The van der Waals surface area contributed by atoms with Crippen LogP contribution in [0.15, 0.2) is 0 Å². The lowest BCUT2D eigenvalue weighted by atomic mass is 9.82. The van der Waals surface area contributed by atoms with E-state index < -0.39 is 11.4 Å². The van der Waals surface area contributed by atoms with Gasteiger partial charge in [0.15, 0.2) is 0 Å². The Morgan fingerprint density at radius 3 is 2.46 bits per heavy atom. The maximum absolute atomic E-state index is 11.2. The molecule has 13 heavy (non-hydrogen) atoms. The lowest BCUT2D eigenvalue weighted by molar-refractivity contribution is -0.147. The molecule has 0 radical (unpaired) electrons. The Balaban J connectivity index is 2.21. The summed E-state index contributed by atoms with van der Waals surface area (Å²) in [5.41, 5.74) is -0.513. The third-order valence-electron chi connectivity index (χ3n) is 3.81. The summed E-state index contributed by atoms with van der Waals surface area (Å²) in [6.45, 7) is 5.45. The fourth-order valence-electron chi connectivity index (χ4n) is 2.81. The van der Waals surface area contributed by atoms with E-state index >= 15 is 0 Å². The minimum Gasteiger partial charge on any atom is -0.481 e. The van der Waals surface area contributed by atoms with Gasteiger partial charge in [-0.25, -0.2) is 0 Å². The molecule has 2 unspecified atom stereocenters. The molecular weight excluding hydrogens is 168 g/mol. The van der Waals surface area contributed by atoms with Gasteiger partial charge in [-0.3, -0.25) is 4.79 Å². The first-order valence-corrected chi connectivity index (χ1v) is 4.82. The quantitative estimate of drug-likeness (QED) is 0.707. The van der Waals surface area contributed by atoms with Crippen LogP contribution in [-0.4, -0.2) is 24.3 Å². The Hall–Kier alpha value is -0.570. The molecule has 1 aliphatic heterocycles. The van der Waals surface area contributed by atoms with Crippen LogP contribution in [0.4, 0.5) is 0 Å². The average Bonchev–Trinajstić information content (AvgIpc) is 2.52. The number of hydrogen-bond donors (Lipinski definition) is 1. The molecule has 0 aromatic rings. The largest absolute Gasteiger partial charge is 0.481 e. The fraction of sp³-hybridized carbons (Fsp3) is 0.900. The van der Waals surface area contributed by atoms with Gasteiger partial charge in [0, 0.05) is 12.5 Å². The summed E-state index contributed by atoms with van der Waals surface area (Å²) in [5.74, 6) is -0.395. The van der Waals surface area contributed by atoms with E-state index in [0.29, 0.717) is 6.61 Å². The molecule has 1 heterocycles. The number of aliphatic carboxylic acids is 1. The molecule has 1 saturated heterocycles. The first kappa shape index (κ1) is 9.00. The molecule has 0 amide bonds. The molecule has 0 spiro atoms. The van der Waals surface area contributed by atoms with Crippen molar-refractivity contribution in [2.75, 3.05) is 13.2 Å². The van der Waals surface area contributed by atoms with Gasteiger partial charge in [0.1, 0.15) is 0 Å². The van der Waals surface area contributed by atoms with Crippen molar-refractivity contribution >= 4 is 5.97 Å². The normalized spacial score (nSPS) is 41.8. The van der Waals surface area contributed by atoms with Gasteiger partial charge in [-0.15, -0.1) is 0 Å². The zero-order chi connectivity index (χ0) is 9.69. The second kappa shape index (κ2) is 2.47. The first-order chi connectivity index (χ1) is 6.01. The summed E-state index contributed by atoms with van der Waals surface area (Å²) in [6, 6.07) is 0. The topological polar surface area (TPSA) is 46.5 Å². The Bertz CT molecular complexity index is 241. The summed E-state index contributed by atoms with van der Waals surface area (Å²) in [4.78, 5) is 11.2. The minimum absolute atomic E-state index is 0.0306. The van der Waals surface area contributed by atoms with Crippen molar-refractivity contribution in [3.63, 3.8) is 0 Å². The molecule has 1 N–H and O–H groups in total. The number of carbonyl (C=O) groups is 1. The van der Waals surface area contributed by atoms with Crippen LogP contribution in [0.5, 0.6) is 0 Å². The molecule has 0 aromatic carbocycles. The third kappa shape index (κ3) is 1.03. The standard InChI is InChI=1S/C10H16O3/c1-9(2)6-10(9,8(11)12)7-3-4-13-5-7/h7H,3-6H2,1-2H3,(H,11,12).